The zero-order valence-corrected chi connectivity index (χ0v) is 13.1. The molecule has 0 aromatic carbocycles. The third kappa shape index (κ3) is 1.37. The van der Waals surface area contributed by atoms with Gasteiger partial charge in [0.05, 0.1) is 4.86 Å². The molecule has 2 aromatic heterocycles. The Bertz CT molecular complexity index is 601. The second kappa shape index (κ2) is 3.83. The molecule has 18 heavy (non-hydrogen) atoms. The van der Waals surface area contributed by atoms with E-state index >= 15 is 0 Å². The van der Waals surface area contributed by atoms with Gasteiger partial charge in [-0.3, -0.25) is 4.79 Å². The van der Waals surface area contributed by atoms with Crippen molar-refractivity contribution in [1.29, 1.82) is 0 Å². The molecule has 2 aromatic rings. The van der Waals surface area contributed by atoms with Gasteiger partial charge in [0.25, 0.3) is 0 Å². The first-order valence-electron chi connectivity index (χ1n) is 5.72. The van der Waals surface area contributed by atoms with Crippen LogP contribution in [-0.2, 0) is 0 Å². The standard InChI is InChI=1S/C14H12OS3/c1-5-9-11(7(3)17-5)14(16)12-8(4)18-6(2)10(12)13(9)15/h1-4H3. The molecule has 0 aliphatic heterocycles. The Labute approximate surface area is 119 Å². The summed E-state index contributed by atoms with van der Waals surface area (Å²) in [6.45, 7) is 8.12. The van der Waals surface area contributed by atoms with Crippen molar-refractivity contribution >= 4 is 45.5 Å². The molecule has 0 bridgehead atoms. The topological polar surface area (TPSA) is 17.1 Å². The molecule has 0 spiro atoms. The van der Waals surface area contributed by atoms with Crippen LogP contribution in [0.5, 0.6) is 0 Å². The van der Waals surface area contributed by atoms with E-state index in [0.717, 1.165) is 46.6 Å². The molecule has 0 radical (unpaired) electrons. The van der Waals surface area contributed by atoms with E-state index in [1.165, 1.54) is 0 Å². The van der Waals surface area contributed by atoms with E-state index in [0.29, 0.717) is 0 Å². The van der Waals surface area contributed by atoms with Crippen LogP contribution in [-0.4, -0.2) is 10.6 Å². The highest BCUT2D eigenvalue weighted by molar-refractivity contribution is 7.81. The molecule has 92 valence electrons. The number of hydrogen-bond donors (Lipinski definition) is 0. The first kappa shape index (κ1) is 12.2. The zero-order chi connectivity index (χ0) is 13.2. The summed E-state index contributed by atoms with van der Waals surface area (Å²) in [5.74, 6) is 0.164. The quantitative estimate of drug-likeness (QED) is 0.573. The van der Waals surface area contributed by atoms with Gasteiger partial charge in [0.2, 0.25) is 0 Å². The number of fused-ring (bicyclic) bond motifs is 2. The number of carbonyl (C=O) groups excluding carboxylic acids is 1. The maximum atomic E-state index is 12.7. The van der Waals surface area contributed by atoms with Crippen molar-refractivity contribution in [1.82, 2.24) is 0 Å². The summed E-state index contributed by atoms with van der Waals surface area (Å²) in [6, 6.07) is 0. The van der Waals surface area contributed by atoms with Crippen molar-refractivity contribution in [2.75, 3.05) is 0 Å². The number of aryl methyl sites for hydroxylation is 4. The number of hydrogen-bond acceptors (Lipinski definition) is 4. The third-order valence-corrected chi connectivity index (χ3v) is 5.88. The normalized spacial score (nSPS) is 13.8. The average molecular weight is 292 g/mol. The summed E-state index contributed by atoms with van der Waals surface area (Å²) < 4.78 is 0. The minimum atomic E-state index is 0.164. The lowest BCUT2D eigenvalue weighted by atomic mass is 9.85. The van der Waals surface area contributed by atoms with Gasteiger partial charge in [-0.1, -0.05) is 12.2 Å². The van der Waals surface area contributed by atoms with Gasteiger partial charge in [0.1, 0.15) is 0 Å². The van der Waals surface area contributed by atoms with Crippen LogP contribution in [0.25, 0.3) is 0 Å². The van der Waals surface area contributed by atoms with E-state index in [-0.39, 0.29) is 5.78 Å². The Hall–Kier alpha value is -0.840. The van der Waals surface area contributed by atoms with Crippen LogP contribution in [0.15, 0.2) is 0 Å². The van der Waals surface area contributed by atoms with Gasteiger partial charge in [-0.2, -0.15) is 0 Å². The van der Waals surface area contributed by atoms with Crippen molar-refractivity contribution in [2.45, 2.75) is 27.7 Å². The van der Waals surface area contributed by atoms with Crippen molar-refractivity contribution in [3.8, 4) is 0 Å². The highest BCUT2D eigenvalue weighted by atomic mass is 32.1. The molecule has 0 saturated carbocycles. The molecular formula is C14H12OS3. The highest BCUT2D eigenvalue weighted by Gasteiger charge is 2.35. The Balaban J connectivity index is 2.42. The SMILES string of the molecule is Cc1sc(C)c2c1C(=O)c1c(C)sc(C)c1C2=S. The van der Waals surface area contributed by atoms with Crippen molar-refractivity contribution < 1.29 is 4.79 Å². The van der Waals surface area contributed by atoms with E-state index in [4.69, 9.17) is 12.2 Å². The highest BCUT2D eigenvalue weighted by Crippen LogP contribution is 2.41. The molecule has 1 nitrogen and oxygen atoms in total. The van der Waals surface area contributed by atoms with Gasteiger partial charge >= 0.3 is 0 Å². The lowest BCUT2D eigenvalue weighted by Crippen LogP contribution is -2.19. The predicted octanol–water partition coefficient (Wildman–Crippen LogP) is 4.35. The fraction of sp³-hybridized carbons (Fsp3) is 0.286. The number of rotatable bonds is 0. The Morgan fingerprint density at radius 1 is 0.722 bits per heavy atom. The summed E-state index contributed by atoms with van der Waals surface area (Å²) in [5, 5.41) is 0. The average Bonchev–Trinajstić information content (AvgIpc) is 2.73. The van der Waals surface area contributed by atoms with Crippen LogP contribution >= 0.6 is 34.9 Å². The predicted molar refractivity (Wildman–Crippen MR) is 81.8 cm³/mol. The number of thiocarbonyl (C=S) groups is 1. The molecule has 3 rings (SSSR count). The smallest absolute Gasteiger partial charge is 0.196 e. The van der Waals surface area contributed by atoms with Crippen molar-refractivity contribution in [2.24, 2.45) is 0 Å². The molecule has 4 heteroatoms. The Kier molecular flexibility index (Phi) is 2.59. The van der Waals surface area contributed by atoms with Gasteiger partial charge in [-0.15, -0.1) is 22.7 Å². The van der Waals surface area contributed by atoms with E-state index in [2.05, 4.69) is 13.8 Å². The maximum absolute atomic E-state index is 12.7. The largest absolute Gasteiger partial charge is 0.288 e. The molecule has 0 atom stereocenters. The van der Waals surface area contributed by atoms with E-state index < -0.39 is 0 Å². The summed E-state index contributed by atoms with van der Waals surface area (Å²) in [6.07, 6.45) is 0. The monoisotopic (exact) mass is 292 g/mol. The summed E-state index contributed by atoms with van der Waals surface area (Å²) in [7, 11) is 0. The van der Waals surface area contributed by atoms with Crippen LogP contribution in [0.1, 0.15) is 46.6 Å². The molecule has 0 fully saturated rings. The van der Waals surface area contributed by atoms with Gasteiger partial charge in [-0.05, 0) is 27.7 Å². The molecule has 0 amide bonds. The lowest BCUT2D eigenvalue weighted by Gasteiger charge is -2.16. The summed E-state index contributed by atoms with van der Waals surface area (Å²) in [5.41, 5.74) is 3.70. The minimum Gasteiger partial charge on any atom is -0.288 e. The second-order valence-electron chi connectivity index (χ2n) is 4.59. The van der Waals surface area contributed by atoms with E-state index in [1.54, 1.807) is 22.7 Å². The molecule has 2 heterocycles. The fourth-order valence-electron chi connectivity index (χ4n) is 2.71. The Morgan fingerprint density at radius 2 is 1.06 bits per heavy atom. The molecule has 0 unspecified atom stereocenters. The number of carbonyl (C=O) groups is 1. The first-order chi connectivity index (χ1) is 8.43. The number of thiophene rings is 2. The Morgan fingerprint density at radius 3 is 1.44 bits per heavy atom. The minimum absolute atomic E-state index is 0.164. The number of ketones is 1. The van der Waals surface area contributed by atoms with Crippen LogP contribution in [0.3, 0.4) is 0 Å². The van der Waals surface area contributed by atoms with Crippen LogP contribution in [0, 0.1) is 27.7 Å². The molecule has 1 aliphatic rings. The van der Waals surface area contributed by atoms with Crippen molar-refractivity contribution in [3.05, 3.63) is 41.8 Å². The molecule has 1 aliphatic carbocycles. The molecular weight excluding hydrogens is 280 g/mol. The maximum Gasteiger partial charge on any atom is 0.196 e. The zero-order valence-electron chi connectivity index (χ0n) is 10.6. The second-order valence-corrected chi connectivity index (χ2v) is 7.85. The van der Waals surface area contributed by atoms with Gasteiger partial charge < -0.3 is 0 Å². The fourth-order valence-corrected chi connectivity index (χ4v) is 5.48. The van der Waals surface area contributed by atoms with E-state index in [9.17, 15) is 4.79 Å². The van der Waals surface area contributed by atoms with Gasteiger partial charge in [0, 0.05) is 41.8 Å². The van der Waals surface area contributed by atoms with Crippen molar-refractivity contribution in [3.63, 3.8) is 0 Å². The summed E-state index contributed by atoms with van der Waals surface area (Å²) >= 11 is 8.98. The van der Waals surface area contributed by atoms with Gasteiger partial charge in [-0.25, -0.2) is 0 Å². The molecule has 0 saturated heterocycles. The van der Waals surface area contributed by atoms with Crippen LogP contribution < -0.4 is 0 Å². The van der Waals surface area contributed by atoms with E-state index in [1.807, 2.05) is 13.8 Å². The summed E-state index contributed by atoms with van der Waals surface area (Å²) in [4.78, 5) is 18.0. The lowest BCUT2D eigenvalue weighted by molar-refractivity contribution is 0.103. The van der Waals surface area contributed by atoms with Crippen LogP contribution in [0.2, 0.25) is 0 Å². The third-order valence-electron chi connectivity index (χ3n) is 3.43. The molecule has 0 N–H and O–H groups in total. The first-order valence-corrected chi connectivity index (χ1v) is 7.77. The van der Waals surface area contributed by atoms with Crippen LogP contribution in [0.4, 0.5) is 0 Å². The van der Waals surface area contributed by atoms with Gasteiger partial charge in [0.15, 0.2) is 5.78 Å².